The van der Waals surface area contributed by atoms with Crippen molar-refractivity contribution in [3.8, 4) is 0 Å². The summed E-state index contributed by atoms with van der Waals surface area (Å²) in [4.78, 5) is 31.7. The van der Waals surface area contributed by atoms with E-state index in [1.807, 2.05) is 16.3 Å². The molecule has 0 spiro atoms. The molecule has 0 atom stereocenters. The Morgan fingerprint density at radius 2 is 2.00 bits per heavy atom. The smallest absolute Gasteiger partial charge is 0.258 e. The Morgan fingerprint density at radius 3 is 2.79 bits per heavy atom. The standard InChI is InChI=1S/C21H23N3O2S2/c25-19-13-18(22-21-24(19)10-11-28-21)14-27-15-20(26)23-8-6-17(7-9-23)12-16-4-2-1-3-5-16/h1-5,10-11,13,17H,6-9,12,14-15H2. The number of nitrogens with zero attached hydrogens (tertiary/aromatic N) is 3. The number of amides is 1. The SMILES string of the molecule is O=C(CSCc1cc(=O)n2ccsc2n1)N1CCC(Cc2ccccc2)CC1. The van der Waals surface area contributed by atoms with Crippen LogP contribution in [0.15, 0.2) is 52.8 Å². The van der Waals surface area contributed by atoms with Crippen LogP contribution in [0.3, 0.4) is 0 Å². The van der Waals surface area contributed by atoms with Gasteiger partial charge in [-0.3, -0.25) is 14.0 Å². The normalized spacial score (nSPS) is 15.2. The number of benzene rings is 1. The molecule has 3 aromatic rings. The van der Waals surface area contributed by atoms with E-state index in [4.69, 9.17) is 0 Å². The third-order valence-corrected chi connectivity index (χ3v) is 6.87. The van der Waals surface area contributed by atoms with Crippen molar-refractivity contribution in [1.82, 2.24) is 14.3 Å². The van der Waals surface area contributed by atoms with E-state index >= 15 is 0 Å². The second-order valence-corrected chi connectivity index (χ2v) is 9.01. The minimum atomic E-state index is -0.0614. The summed E-state index contributed by atoms with van der Waals surface area (Å²) in [6.07, 6.45) is 4.97. The Hall–Kier alpha value is -2.12. The maximum absolute atomic E-state index is 12.5. The molecule has 0 aliphatic carbocycles. The lowest BCUT2D eigenvalue weighted by atomic mass is 9.90. The highest BCUT2D eigenvalue weighted by atomic mass is 32.2. The van der Waals surface area contributed by atoms with Gasteiger partial charge < -0.3 is 4.90 Å². The number of hydrogen-bond acceptors (Lipinski definition) is 5. The Morgan fingerprint density at radius 1 is 1.21 bits per heavy atom. The number of thioether (sulfide) groups is 1. The van der Waals surface area contributed by atoms with Crippen molar-refractivity contribution < 1.29 is 4.79 Å². The van der Waals surface area contributed by atoms with Gasteiger partial charge in [0.15, 0.2) is 4.96 Å². The second-order valence-electron chi connectivity index (χ2n) is 7.15. The zero-order valence-electron chi connectivity index (χ0n) is 15.6. The summed E-state index contributed by atoms with van der Waals surface area (Å²) in [7, 11) is 0. The van der Waals surface area contributed by atoms with E-state index in [1.165, 1.54) is 28.7 Å². The van der Waals surface area contributed by atoms with Crippen LogP contribution in [0.4, 0.5) is 0 Å². The van der Waals surface area contributed by atoms with Gasteiger partial charge in [0.05, 0.1) is 11.4 Å². The van der Waals surface area contributed by atoms with Crippen LogP contribution >= 0.6 is 23.1 Å². The van der Waals surface area contributed by atoms with Crippen molar-refractivity contribution >= 4 is 34.0 Å². The molecule has 0 radical (unpaired) electrons. The molecule has 2 aromatic heterocycles. The fourth-order valence-corrected chi connectivity index (χ4v) is 5.18. The summed E-state index contributed by atoms with van der Waals surface area (Å²) in [5, 5.41) is 1.85. The zero-order chi connectivity index (χ0) is 19.3. The fraction of sp³-hybridized carbons (Fsp3) is 0.381. The average molecular weight is 414 g/mol. The van der Waals surface area contributed by atoms with Gasteiger partial charge in [0, 0.05) is 36.5 Å². The van der Waals surface area contributed by atoms with Crippen LogP contribution in [-0.2, 0) is 17.0 Å². The maximum Gasteiger partial charge on any atom is 0.258 e. The predicted molar refractivity (Wildman–Crippen MR) is 115 cm³/mol. The van der Waals surface area contributed by atoms with Gasteiger partial charge in [0.25, 0.3) is 5.56 Å². The molecule has 0 unspecified atom stereocenters. The van der Waals surface area contributed by atoms with E-state index in [2.05, 4.69) is 29.2 Å². The zero-order valence-corrected chi connectivity index (χ0v) is 17.3. The molecule has 28 heavy (non-hydrogen) atoms. The largest absolute Gasteiger partial charge is 0.342 e. The number of carbonyl (C=O) groups is 1. The minimum Gasteiger partial charge on any atom is -0.342 e. The summed E-state index contributed by atoms with van der Waals surface area (Å²) in [5.74, 6) is 1.88. The molecule has 7 heteroatoms. The Kier molecular flexibility index (Phi) is 6.12. The Labute approximate surface area is 172 Å². The summed E-state index contributed by atoms with van der Waals surface area (Å²) < 4.78 is 1.55. The van der Waals surface area contributed by atoms with Crippen LogP contribution in [0.2, 0.25) is 0 Å². The molecule has 1 aliphatic rings. The van der Waals surface area contributed by atoms with Crippen molar-refractivity contribution in [2.24, 2.45) is 5.92 Å². The monoisotopic (exact) mass is 413 g/mol. The number of thiazole rings is 1. The summed E-state index contributed by atoms with van der Waals surface area (Å²) in [6, 6.07) is 12.2. The third-order valence-electron chi connectivity index (χ3n) is 5.17. The lowest BCUT2D eigenvalue weighted by molar-refractivity contribution is -0.129. The average Bonchev–Trinajstić information content (AvgIpc) is 3.19. The van der Waals surface area contributed by atoms with Gasteiger partial charge in [0.1, 0.15) is 0 Å². The number of hydrogen-bond donors (Lipinski definition) is 0. The van der Waals surface area contributed by atoms with E-state index < -0.39 is 0 Å². The van der Waals surface area contributed by atoms with Crippen LogP contribution in [0, 0.1) is 5.92 Å². The number of carbonyl (C=O) groups excluding carboxylic acids is 1. The van der Waals surface area contributed by atoms with Crippen molar-refractivity contribution in [3.63, 3.8) is 0 Å². The summed E-state index contributed by atoms with van der Waals surface area (Å²) in [5.41, 5.74) is 2.06. The highest BCUT2D eigenvalue weighted by molar-refractivity contribution is 7.99. The molecule has 0 bridgehead atoms. The molecule has 1 amide bonds. The molecule has 1 saturated heterocycles. The topological polar surface area (TPSA) is 54.7 Å². The molecule has 5 nitrogen and oxygen atoms in total. The van der Waals surface area contributed by atoms with Crippen LogP contribution in [-0.4, -0.2) is 39.0 Å². The van der Waals surface area contributed by atoms with Gasteiger partial charge in [-0.25, -0.2) is 4.98 Å². The van der Waals surface area contributed by atoms with E-state index in [9.17, 15) is 9.59 Å². The van der Waals surface area contributed by atoms with Gasteiger partial charge in [-0.05, 0) is 30.7 Å². The number of fused-ring (bicyclic) bond motifs is 1. The number of rotatable bonds is 6. The molecule has 1 aromatic carbocycles. The van der Waals surface area contributed by atoms with Crippen LogP contribution in [0.5, 0.6) is 0 Å². The van der Waals surface area contributed by atoms with Crippen LogP contribution in [0.25, 0.3) is 4.96 Å². The number of piperidine rings is 1. The Balaban J connectivity index is 1.23. The molecule has 0 saturated carbocycles. The van der Waals surface area contributed by atoms with Crippen molar-refractivity contribution in [2.45, 2.75) is 25.0 Å². The van der Waals surface area contributed by atoms with E-state index in [1.54, 1.807) is 16.7 Å². The minimum absolute atomic E-state index is 0.0614. The van der Waals surface area contributed by atoms with Crippen molar-refractivity contribution in [2.75, 3.05) is 18.8 Å². The maximum atomic E-state index is 12.5. The van der Waals surface area contributed by atoms with Crippen LogP contribution < -0.4 is 5.56 Å². The highest BCUT2D eigenvalue weighted by Crippen LogP contribution is 2.22. The highest BCUT2D eigenvalue weighted by Gasteiger charge is 2.22. The third kappa shape index (κ3) is 4.64. The van der Waals surface area contributed by atoms with Gasteiger partial charge in [-0.15, -0.1) is 23.1 Å². The van der Waals surface area contributed by atoms with Gasteiger partial charge >= 0.3 is 0 Å². The Bertz CT molecular complexity index is 992. The molecule has 146 valence electrons. The lowest BCUT2D eigenvalue weighted by Gasteiger charge is -2.32. The fourth-order valence-electron chi connectivity index (χ4n) is 3.63. The summed E-state index contributed by atoms with van der Waals surface area (Å²) in [6.45, 7) is 1.69. The summed E-state index contributed by atoms with van der Waals surface area (Å²) >= 11 is 2.98. The molecule has 3 heterocycles. The first-order valence-electron chi connectivity index (χ1n) is 9.54. The molecule has 1 fully saturated rings. The second kappa shape index (κ2) is 8.92. The van der Waals surface area contributed by atoms with Gasteiger partial charge in [-0.1, -0.05) is 30.3 Å². The van der Waals surface area contributed by atoms with Crippen LogP contribution in [0.1, 0.15) is 24.1 Å². The lowest BCUT2D eigenvalue weighted by Crippen LogP contribution is -2.39. The quantitative estimate of drug-likeness (QED) is 0.621. The van der Waals surface area contributed by atoms with Gasteiger partial charge in [0.2, 0.25) is 5.91 Å². The first-order chi connectivity index (χ1) is 13.7. The van der Waals surface area contributed by atoms with Crippen molar-refractivity contribution in [1.29, 1.82) is 0 Å². The molecule has 0 N–H and O–H groups in total. The molecule has 4 rings (SSSR count). The molecular formula is C21H23N3O2S2. The van der Waals surface area contributed by atoms with Gasteiger partial charge in [-0.2, -0.15) is 0 Å². The number of likely N-dealkylation sites (tertiary alicyclic amines) is 1. The number of aromatic nitrogens is 2. The van der Waals surface area contributed by atoms with E-state index in [-0.39, 0.29) is 11.5 Å². The van der Waals surface area contributed by atoms with Crippen molar-refractivity contribution in [3.05, 3.63) is 69.6 Å². The first-order valence-corrected chi connectivity index (χ1v) is 11.6. The molecular weight excluding hydrogens is 390 g/mol. The predicted octanol–water partition coefficient (Wildman–Crippen LogP) is 3.47. The van der Waals surface area contributed by atoms with E-state index in [0.29, 0.717) is 22.4 Å². The van der Waals surface area contributed by atoms with E-state index in [0.717, 1.165) is 38.0 Å². The molecule has 1 aliphatic heterocycles. The first kappa shape index (κ1) is 19.2.